The van der Waals surface area contributed by atoms with Crippen molar-refractivity contribution in [1.82, 2.24) is 4.90 Å². The number of alkyl halides is 1. The van der Waals surface area contributed by atoms with Gasteiger partial charge in [0.25, 0.3) is 0 Å². The average Bonchev–Trinajstić information content (AvgIpc) is 2.95. The minimum Gasteiger partial charge on any atom is -0.480 e. The molecule has 0 radical (unpaired) electrons. The second kappa shape index (κ2) is 7.25. The molecular formula is C14H26BClN2O5. The van der Waals surface area contributed by atoms with Gasteiger partial charge in [0.1, 0.15) is 11.1 Å². The normalized spacial score (nSPS) is 36.7. The Morgan fingerprint density at radius 1 is 1.48 bits per heavy atom. The molecule has 6 atom stereocenters. The Bertz CT molecular complexity index is 441. The van der Waals surface area contributed by atoms with E-state index in [1.807, 2.05) is 6.92 Å². The molecule has 2 aliphatic rings. The first kappa shape index (κ1) is 19.0. The van der Waals surface area contributed by atoms with E-state index in [1.54, 1.807) is 0 Å². The predicted molar refractivity (Wildman–Crippen MR) is 86.8 cm³/mol. The molecule has 0 amide bonds. The number of rotatable bonds is 7. The SMILES string of the molecule is CC([C@@H](O)Cl)N1CC2CC(N)(C(=O)O)C(CCCB(O)O)C2C1. The van der Waals surface area contributed by atoms with Crippen molar-refractivity contribution >= 4 is 24.7 Å². The Morgan fingerprint density at radius 3 is 2.65 bits per heavy atom. The second-order valence-electron chi connectivity index (χ2n) is 7.06. The van der Waals surface area contributed by atoms with Crippen LogP contribution in [0, 0.1) is 17.8 Å². The highest BCUT2D eigenvalue weighted by Crippen LogP contribution is 2.49. The lowest BCUT2D eigenvalue weighted by molar-refractivity contribution is -0.145. The molecule has 0 bridgehead atoms. The summed E-state index contributed by atoms with van der Waals surface area (Å²) in [5.74, 6) is -0.908. The zero-order valence-corrected chi connectivity index (χ0v) is 14.1. The number of aliphatic hydroxyl groups is 1. The third kappa shape index (κ3) is 3.83. The lowest BCUT2D eigenvalue weighted by Gasteiger charge is -2.33. The number of carboxylic acids is 1. The molecule has 5 unspecified atom stereocenters. The fourth-order valence-corrected chi connectivity index (χ4v) is 4.47. The molecule has 0 spiro atoms. The number of carbonyl (C=O) groups is 1. The summed E-state index contributed by atoms with van der Waals surface area (Å²) in [4.78, 5) is 13.8. The monoisotopic (exact) mass is 348 g/mol. The van der Waals surface area contributed by atoms with E-state index in [2.05, 4.69) is 4.90 Å². The van der Waals surface area contributed by atoms with Crippen molar-refractivity contribution in [1.29, 1.82) is 0 Å². The van der Waals surface area contributed by atoms with Gasteiger partial charge in [0.15, 0.2) is 0 Å². The molecule has 23 heavy (non-hydrogen) atoms. The topological polar surface area (TPSA) is 127 Å². The number of aliphatic hydroxyl groups excluding tert-OH is 1. The van der Waals surface area contributed by atoms with Crippen molar-refractivity contribution in [2.24, 2.45) is 23.5 Å². The Kier molecular flexibility index (Phi) is 5.97. The standard InChI is InChI=1S/C14H26BClN2O5/c1-8(12(16)19)18-6-9-5-14(17,13(20)21)11(10(9)7-18)3-2-4-15(22)23/h8-12,19,22-23H,2-7,17H2,1H3,(H,20,21)/t8?,9?,10?,11?,12-,14?/m1/s1. The van der Waals surface area contributed by atoms with Crippen molar-refractivity contribution in [3.05, 3.63) is 0 Å². The second-order valence-corrected chi connectivity index (χ2v) is 7.51. The summed E-state index contributed by atoms with van der Waals surface area (Å²) in [5.41, 5.74) is 4.00. The molecule has 9 heteroatoms. The van der Waals surface area contributed by atoms with Crippen LogP contribution in [0.4, 0.5) is 0 Å². The van der Waals surface area contributed by atoms with Crippen LogP contribution in [0.25, 0.3) is 0 Å². The molecule has 0 aromatic rings. The van der Waals surface area contributed by atoms with Gasteiger partial charge in [-0.25, -0.2) is 0 Å². The number of likely N-dealkylation sites (tertiary alicyclic amines) is 1. The predicted octanol–water partition coefficient (Wildman–Crippen LogP) is -0.465. The molecule has 2 rings (SSSR count). The fourth-order valence-electron chi connectivity index (χ4n) is 4.31. The summed E-state index contributed by atoms with van der Waals surface area (Å²) >= 11 is 5.77. The molecule has 1 aliphatic heterocycles. The largest absolute Gasteiger partial charge is 0.480 e. The number of hydrogen-bond acceptors (Lipinski definition) is 6. The van der Waals surface area contributed by atoms with Gasteiger partial charge in [-0.05, 0) is 43.8 Å². The first-order chi connectivity index (χ1) is 10.7. The number of halogens is 1. The van der Waals surface area contributed by atoms with E-state index < -0.39 is 24.2 Å². The number of aliphatic carboxylic acids is 1. The summed E-state index contributed by atoms with van der Waals surface area (Å²) in [7, 11) is -1.38. The first-order valence-corrected chi connectivity index (χ1v) is 8.55. The van der Waals surface area contributed by atoms with Gasteiger partial charge < -0.3 is 26.0 Å². The van der Waals surface area contributed by atoms with E-state index in [-0.39, 0.29) is 30.1 Å². The van der Waals surface area contributed by atoms with E-state index >= 15 is 0 Å². The molecule has 1 heterocycles. The lowest BCUT2D eigenvalue weighted by atomic mass is 9.76. The number of nitrogens with two attached hydrogens (primary N) is 1. The summed E-state index contributed by atoms with van der Waals surface area (Å²) in [6.45, 7) is 3.19. The van der Waals surface area contributed by atoms with Gasteiger partial charge in [0, 0.05) is 19.1 Å². The van der Waals surface area contributed by atoms with Crippen molar-refractivity contribution in [3.63, 3.8) is 0 Å². The van der Waals surface area contributed by atoms with Crippen LogP contribution < -0.4 is 5.73 Å². The van der Waals surface area contributed by atoms with Gasteiger partial charge in [-0.2, -0.15) is 0 Å². The van der Waals surface area contributed by atoms with E-state index in [9.17, 15) is 15.0 Å². The maximum atomic E-state index is 11.7. The Balaban J connectivity index is 2.09. The smallest absolute Gasteiger partial charge is 0.451 e. The van der Waals surface area contributed by atoms with Gasteiger partial charge in [-0.3, -0.25) is 9.69 Å². The fraction of sp³-hybridized carbons (Fsp3) is 0.929. The molecule has 2 fully saturated rings. The summed E-state index contributed by atoms with van der Waals surface area (Å²) in [5, 5.41) is 37.1. The van der Waals surface area contributed by atoms with Gasteiger partial charge in [-0.15, -0.1) is 0 Å². The van der Waals surface area contributed by atoms with Crippen molar-refractivity contribution in [2.75, 3.05) is 13.1 Å². The first-order valence-electron chi connectivity index (χ1n) is 8.11. The zero-order valence-electron chi connectivity index (χ0n) is 13.3. The van der Waals surface area contributed by atoms with Gasteiger partial charge in [0.05, 0.1) is 0 Å². The Labute approximate surface area is 141 Å². The van der Waals surface area contributed by atoms with Crippen LogP contribution in [0.1, 0.15) is 26.2 Å². The van der Waals surface area contributed by atoms with Crippen molar-refractivity contribution in [2.45, 2.75) is 49.7 Å². The Hall–Kier alpha value is -0.375. The maximum Gasteiger partial charge on any atom is 0.451 e. The third-order valence-electron chi connectivity index (χ3n) is 5.65. The number of hydrogen-bond donors (Lipinski definition) is 5. The highest BCUT2D eigenvalue weighted by atomic mass is 35.5. The molecular weight excluding hydrogens is 322 g/mol. The molecule has 1 saturated heterocycles. The van der Waals surface area contributed by atoms with E-state index in [4.69, 9.17) is 27.4 Å². The average molecular weight is 349 g/mol. The highest BCUT2D eigenvalue weighted by Gasteiger charge is 2.58. The number of fused-ring (bicyclic) bond motifs is 1. The molecule has 1 aliphatic carbocycles. The van der Waals surface area contributed by atoms with Crippen LogP contribution in [0.3, 0.4) is 0 Å². The van der Waals surface area contributed by atoms with Gasteiger partial charge >= 0.3 is 13.1 Å². The highest BCUT2D eigenvalue weighted by molar-refractivity contribution is 6.40. The van der Waals surface area contributed by atoms with Gasteiger partial charge in [-0.1, -0.05) is 18.0 Å². The van der Waals surface area contributed by atoms with Crippen molar-refractivity contribution in [3.8, 4) is 0 Å². The van der Waals surface area contributed by atoms with Crippen LogP contribution in [0.15, 0.2) is 0 Å². The summed E-state index contributed by atoms with van der Waals surface area (Å²) < 4.78 is 0. The molecule has 0 aromatic heterocycles. The molecule has 7 nitrogen and oxygen atoms in total. The summed E-state index contributed by atoms with van der Waals surface area (Å²) in [6.07, 6.45) is 1.68. The summed E-state index contributed by atoms with van der Waals surface area (Å²) in [6, 6.07) is -0.195. The zero-order chi connectivity index (χ0) is 17.4. The van der Waals surface area contributed by atoms with Crippen LogP contribution in [-0.4, -0.2) is 68.5 Å². The molecule has 1 saturated carbocycles. The van der Waals surface area contributed by atoms with Crippen molar-refractivity contribution < 1.29 is 25.1 Å². The minimum absolute atomic E-state index is 0.129. The minimum atomic E-state index is -1.38. The molecule has 6 N–H and O–H groups in total. The van der Waals surface area contributed by atoms with Gasteiger partial charge in [0.2, 0.25) is 0 Å². The number of carboxylic acid groups (broad SMARTS) is 1. The van der Waals surface area contributed by atoms with E-state index in [1.165, 1.54) is 0 Å². The quantitative estimate of drug-likeness (QED) is 0.311. The van der Waals surface area contributed by atoms with E-state index in [0.717, 1.165) is 0 Å². The molecule has 132 valence electrons. The van der Waals surface area contributed by atoms with Crippen LogP contribution in [-0.2, 0) is 4.79 Å². The van der Waals surface area contributed by atoms with Crippen LogP contribution in [0.5, 0.6) is 0 Å². The Morgan fingerprint density at radius 2 is 2.13 bits per heavy atom. The maximum absolute atomic E-state index is 11.7. The van der Waals surface area contributed by atoms with E-state index in [0.29, 0.717) is 32.4 Å². The lowest BCUT2D eigenvalue weighted by Crippen LogP contribution is -2.53. The molecule has 0 aromatic carbocycles. The van der Waals surface area contributed by atoms with Crippen LogP contribution >= 0.6 is 11.6 Å². The third-order valence-corrected chi connectivity index (χ3v) is 6.01. The van der Waals surface area contributed by atoms with Crippen LogP contribution in [0.2, 0.25) is 6.32 Å². The number of nitrogens with zero attached hydrogens (tertiary/aromatic N) is 1.